The van der Waals surface area contributed by atoms with Gasteiger partial charge < -0.3 is 10.1 Å². The van der Waals surface area contributed by atoms with E-state index in [9.17, 15) is 0 Å². The smallest absolute Gasteiger partial charge is 0.124 e. The average Bonchev–Trinajstić information content (AvgIpc) is 2.36. The van der Waals surface area contributed by atoms with Gasteiger partial charge in [-0.3, -0.25) is 0 Å². The number of hydrogen-bond donors (Lipinski definition) is 1. The maximum atomic E-state index is 5.95. The minimum atomic E-state index is 0.308. The quantitative estimate of drug-likeness (QED) is 0.683. The van der Waals surface area contributed by atoms with E-state index in [2.05, 4.69) is 61.1 Å². The first-order valence-corrected chi connectivity index (χ1v) is 7.99. The first-order chi connectivity index (χ1) is 9.04. The fraction of sp³-hybridized carbons (Fsp3) is 0.625. The minimum absolute atomic E-state index is 0.308. The van der Waals surface area contributed by atoms with Gasteiger partial charge in [0.05, 0.1) is 6.61 Å². The zero-order valence-electron chi connectivity index (χ0n) is 12.5. The molecule has 0 aliphatic rings. The normalized spacial score (nSPS) is 12.7. The Morgan fingerprint density at radius 2 is 2.00 bits per heavy atom. The van der Waals surface area contributed by atoms with Crippen LogP contribution in [0.15, 0.2) is 22.7 Å². The zero-order valence-corrected chi connectivity index (χ0v) is 14.1. The highest BCUT2D eigenvalue weighted by Crippen LogP contribution is 2.28. The van der Waals surface area contributed by atoms with E-state index in [0.717, 1.165) is 35.7 Å². The van der Waals surface area contributed by atoms with Crippen LogP contribution in [0.5, 0.6) is 5.75 Å². The number of nitrogens with one attached hydrogen (secondary N) is 1. The fourth-order valence-electron chi connectivity index (χ4n) is 2.08. The lowest BCUT2D eigenvalue weighted by Gasteiger charge is -2.18. The van der Waals surface area contributed by atoms with Gasteiger partial charge in [0.2, 0.25) is 0 Å². The molecule has 0 aliphatic heterocycles. The molecule has 1 atom stereocenters. The van der Waals surface area contributed by atoms with Crippen LogP contribution in [0.4, 0.5) is 0 Å². The molecule has 0 aromatic heterocycles. The lowest BCUT2D eigenvalue weighted by molar-refractivity contribution is 0.292. The van der Waals surface area contributed by atoms with Crippen molar-refractivity contribution in [1.82, 2.24) is 5.32 Å². The number of benzene rings is 1. The highest BCUT2D eigenvalue weighted by atomic mass is 79.9. The molecule has 2 nitrogen and oxygen atoms in total. The van der Waals surface area contributed by atoms with E-state index in [1.165, 1.54) is 12.0 Å². The molecule has 0 radical (unpaired) electrons. The van der Waals surface area contributed by atoms with Gasteiger partial charge in [0.25, 0.3) is 0 Å². The molecule has 19 heavy (non-hydrogen) atoms. The molecule has 0 saturated heterocycles. The van der Waals surface area contributed by atoms with Gasteiger partial charge >= 0.3 is 0 Å². The summed E-state index contributed by atoms with van der Waals surface area (Å²) in [5.74, 6) is 1.74. The Hall–Kier alpha value is -0.540. The van der Waals surface area contributed by atoms with Crippen molar-refractivity contribution < 1.29 is 4.74 Å². The molecule has 1 rings (SSSR count). The second-order valence-electron chi connectivity index (χ2n) is 5.35. The standard InChI is InChI=1S/C16H26BrNO/c1-5-18-13(4)15-11-14(17)8-9-16(15)19-10-6-7-12(2)3/h8-9,11-13,18H,5-7,10H2,1-4H3. The van der Waals surface area contributed by atoms with Gasteiger partial charge in [-0.2, -0.15) is 0 Å². The van der Waals surface area contributed by atoms with Crippen molar-refractivity contribution in [2.45, 2.75) is 46.6 Å². The molecule has 0 bridgehead atoms. The maximum Gasteiger partial charge on any atom is 0.124 e. The number of ether oxygens (including phenoxy) is 1. The summed E-state index contributed by atoms with van der Waals surface area (Å²) in [6, 6.07) is 6.55. The number of rotatable bonds is 8. The van der Waals surface area contributed by atoms with Crippen molar-refractivity contribution >= 4 is 15.9 Å². The summed E-state index contributed by atoms with van der Waals surface area (Å²) in [6.45, 7) is 10.5. The van der Waals surface area contributed by atoms with E-state index in [-0.39, 0.29) is 0 Å². The molecule has 0 heterocycles. The van der Waals surface area contributed by atoms with E-state index in [4.69, 9.17) is 4.74 Å². The minimum Gasteiger partial charge on any atom is -0.493 e. The van der Waals surface area contributed by atoms with Crippen LogP contribution in [0.25, 0.3) is 0 Å². The van der Waals surface area contributed by atoms with Crippen LogP contribution in [-0.4, -0.2) is 13.2 Å². The van der Waals surface area contributed by atoms with Gasteiger partial charge in [-0.05, 0) is 50.4 Å². The Labute approximate surface area is 126 Å². The Balaban J connectivity index is 2.65. The second kappa shape index (κ2) is 8.60. The zero-order chi connectivity index (χ0) is 14.3. The first-order valence-electron chi connectivity index (χ1n) is 7.20. The van der Waals surface area contributed by atoms with Crippen molar-refractivity contribution in [1.29, 1.82) is 0 Å². The molecule has 0 spiro atoms. The predicted octanol–water partition coefficient (Wildman–Crippen LogP) is 4.93. The van der Waals surface area contributed by atoms with Crippen LogP contribution in [0.3, 0.4) is 0 Å². The van der Waals surface area contributed by atoms with Gasteiger partial charge in [-0.15, -0.1) is 0 Å². The van der Waals surface area contributed by atoms with Crippen LogP contribution in [0, 0.1) is 5.92 Å². The Bertz CT molecular complexity index is 379. The SMILES string of the molecule is CCNC(C)c1cc(Br)ccc1OCCCC(C)C. The molecular formula is C16H26BrNO. The lowest BCUT2D eigenvalue weighted by atomic mass is 10.1. The topological polar surface area (TPSA) is 21.3 Å². The monoisotopic (exact) mass is 327 g/mol. The van der Waals surface area contributed by atoms with Gasteiger partial charge in [-0.25, -0.2) is 0 Å². The third kappa shape index (κ3) is 5.96. The van der Waals surface area contributed by atoms with Crippen LogP contribution < -0.4 is 10.1 Å². The molecule has 0 fully saturated rings. The highest BCUT2D eigenvalue weighted by molar-refractivity contribution is 9.10. The summed E-state index contributed by atoms with van der Waals surface area (Å²) in [5, 5.41) is 3.44. The van der Waals surface area contributed by atoms with Crippen molar-refractivity contribution in [3.63, 3.8) is 0 Å². The first kappa shape index (κ1) is 16.5. The molecule has 108 valence electrons. The van der Waals surface area contributed by atoms with Crippen LogP contribution in [0.2, 0.25) is 0 Å². The third-order valence-corrected chi connectivity index (χ3v) is 3.63. The van der Waals surface area contributed by atoms with Crippen LogP contribution in [-0.2, 0) is 0 Å². The van der Waals surface area contributed by atoms with Gasteiger partial charge in [-0.1, -0.05) is 36.7 Å². The Morgan fingerprint density at radius 1 is 1.26 bits per heavy atom. The Kier molecular flexibility index (Phi) is 7.47. The summed E-state index contributed by atoms with van der Waals surface area (Å²) in [5.41, 5.74) is 1.22. The van der Waals surface area contributed by atoms with Gasteiger partial charge in [0.15, 0.2) is 0 Å². The summed E-state index contributed by atoms with van der Waals surface area (Å²) >= 11 is 3.53. The number of hydrogen-bond acceptors (Lipinski definition) is 2. The maximum absolute atomic E-state index is 5.95. The third-order valence-electron chi connectivity index (χ3n) is 3.13. The van der Waals surface area contributed by atoms with E-state index in [1.807, 2.05) is 6.07 Å². The van der Waals surface area contributed by atoms with Crippen molar-refractivity contribution in [3.8, 4) is 5.75 Å². The average molecular weight is 328 g/mol. The predicted molar refractivity (Wildman–Crippen MR) is 85.8 cm³/mol. The second-order valence-corrected chi connectivity index (χ2v) is 6.26. The highest BCUT2D eigenvalue weighted by Gasteiger charge is 2.11. The molecule has 1 unspecified atom stereocenters. The molecule has 1 aromatic rings. The molecule has 0 amide bonds. The summed E-state index contributed by atoms with van der Waals surface area (Å²) in [7, 11) is 0. The summed E-state index contributed by atoms with van der Waals surface area (Å²) in [6.07, 6.45) is 2.33. The lowest BCUT2D eigenvalue weighted by Crippen LogP contribution is -2.18. The summed E-state index contributed by atoms with van der Waals surface area (Å²) < 4.78 is 7.05. The number of halogens is 1. The van der Waals surface area contributed by atoms with E-state index >= 15 is 0 Å². The molecule has 0 aliphatic carbocycles. The van der Waals surface area contributed by atoms with Gasteiger partial charge in [0.1, 0.15) is 5.75 Å². The van der Waals surface area contributed by atoms with Crippen molar-refractivity contribution in [2.75, 3.05) is 13.2 Å². The Morgan fingerprint density at radius 3 is 2.63 bits per heavy atom. The largest absolute Gasteiger partial charge is 0.493 e. The van der Waals surface area contributed by atoms with E-state index in [1.54, 1.807) is 0 Å². The van der Waals surface area contributed by atoms with Crippen molar-refractivity contribution in [2.24, 2.45) is 5.92 Å². The molecule has 1 aromatic carbocycles. The molecular weight excluding hydrogens is 302 g/mol. The van der Waals surface area contributed by atoms with E-state index in [0.29, 0.717) is 6.04 Å². The summed E-state index contributed by atoms with van der Waals surface area (Å²) in [4.78, 5) is 0. The van der Waals surface area contributed by atoms with Gasteiger partial charge in [0, 0.05) is 16.1 Å². The molecule has 1 N–H and O–H groups in total. The van der Waals surface area contributed by atoms with Crippen LogP contribution in [0.1, 0.15) is 52.1 Å². The molecule has 3 heteroatoms. The fourth-order valence-corrected chi connectivity index (χ4v) is 2.46. The molecule has 0 saturated carbocycles. The van der Waals surface area contributed by atoms with E-state index < -0.39 is 0 Å². The van der Waals surface area contributed by atoms with Crippen LogP contribution >= 0.6 is 15.9 Å². The van der Waals surface area contributed by atoms with Crippen molar-refractivity contribution in [3.05, 3.63) is 28.2 Å².